The van der Waals surface area contributed by atoms with Crippen LogP contribution < -0.4 is 0 Å². The lowest BCUT2D eigenvalue weighted by atomic mass is 10.1. The maximum absolute atomic E-state index is 10.8. The van der Waals surface area contributed by atoms with E-state index in [9.17, 15) is 15.0 Å². The first-order valence-corrected chi connectivity index (χ1v) is 3.85. The monoisotopic (exact) mass is 174 g/mol. The second-order valence-corrected chi connectivity index (χ2v) is 3.08. The second-order valence-electron chi connectivity index (χ2n) is 3.08. The Hall–Kier alpha value is -0.650. The van der Waals surface area contributed by atoms with Crippen LogP contribution in [0.1, 0.15) is 6.42 Å². The minimum Gasteiger partial charge on any atom is -0.463 e. The summed E-state index contributed by atoms with van der Waals surface area (Å²) in [5.41, 5.74) is 0. The molecule has 2 N–H and O–H groups in total. The Morgan fingerprint density at radius 1 is 1.25 bits per heavy atom. The zero-order chi connectivity index (χ0) is 8.72. The summed E-state index contributed by atoms with van der Waals surface area (Å²) < 4.78 is 9.89. The highest BCUT2D eigenvalue weighted by Crippen LogP contribution is 2.26. The van der Waals surface area contributed by atoms with Crippen molar-refractivity contribution in [2.24, 2.45) is 0 Å². The Morgan fingerprint density at radius 3 is 2.67 bits per heavy atom. The molecule has 0 saturated carbocycles. The third-order valence-electron chi connectivity index (χ3n) is 2.24. The van der Waals surface area contributed by atoms with Gasteiger partial charge in [-0.25, -0.2) is 0 Å². The maximum Gasteiger partial charge on any atom is 0.308 e. The number of fused-ring (bicyclic) bond motifs is 2. The first-order chi connectivity index (χ1) is 5.68. The molecule has 2 heterocycles. The van der Waals surface area contributed by atoms with E-state index in [1.807, 2.05) is 0 Å². The highest BCUT2D eigenvalue weighted by atomic mass is 16.6. The Morgan fingerprint density at radius 2 is 1.92 bits per heavy atom. The molecule has 2 bridgehead atoms. The van der Waals surface area contributed by atoms with Gasteiger partial charge in [-0.2, -0.15) is 0 Å². The van der Waals surface area contributed by atoms with Crippen LogP contribution in [0.3, 0.4) is 0 Å². The average molecular weight is 174 g/mol. The predicted molar refractivity (Wildman–Crippen MR) is 36.3 cm³/mol. The van der Waals surface area contributed by atoms with E-state index in [1.165, 1.54) is 0 Å². The summed E-state index contributed by atoms with van der Waals surface area (Å²) in [6.45, 7) is 0.0353. The van der Waals surface area contributed by atoms with Crippen LogP contribution in [0.25, 0.3) is 0 Å². The molecule has 5 nitrogen and oxygen atoms in total. The molecule has 2 saturated heterocycles. The molecule has 4 atom stereocenters. The van der Waals surface area contributed by atoms with E-state index < -0.39 is 24.4 Å². The lowest BCUT2D eigenvalue weighted by Gasteiger charge is -2.16. The van der Waals surface area contributed by atoms with E-state index in [0.717, 1.165) is 0 Å². The molecule has 12 heavy (non-hydrogen) atoms. The fourth-order valence-electron chi connectivity index (χ4n) is 1.53. The number of aliphatic hydroxyl groups is 2. The zero-order valence-corrected chi connectivity index (χ0v) is 6.34. The minimum atomic E-state index is -0.956. The van der Waals surface area contributed by atoms with Gasteiger partial charge in [0.25, 0.3) is 0 Å². The lowest BCUT2D eigenvalue weighted by Crippen LogP contribution is -2.37. The van der Waals surface area contributed by atoms with Crippen LogP contribution >= 0.6 is 0 Å². The predicted octanol–water partition coefficient (Wildman–Crippen LogP) is -1.58. The number of carbonyl (C=O) groups is 1. The number of esters is 1. The Labute approximate surface area is 68.9 Å². The number of hydrogen-bond donors (Lipinski definition) is 2. The van der Waals surface area contributed by atoms with Gasteiger partial charge >= 0.3 is 5.97 Å². The standard InChI is InChI=1S/C7H10O5/c8-5-1-3-6(9)7(10)4(12-3)2-11-5/h3-4,6-7,9-10H,1-2H2/t3-,4+,6-,7+/m0/s1. The molecule has 0 unspecified atom stereocenters. The summed E-state index contributed by atoms with van der Waals surface area (Å²) in [5.74, 6) is -0.381. The van der Waals surface area contributed by atoms with E-state index in [-0.39, 0.29) is 19.0 Å². The maximum atomic E-state index is 10.8. The zero-order valence-electron chi connectivity index (χ0n) is 6.34. The molecule has 2 fully saturated rings. The van der Waals surface area contributed by atoms with Gasteiger partial charge in [-0.1, -0.05) is 0 Å². The van der Waals surface area contributed by atoms with Crippen molar-refractivity contribution < 1.29 is 24.5 Å². The molecule has 2 rings (SSSR count). The average Bonchev–Trinajstić information content (AvgIpc) is 2.28. The van der Waals surface area contributed by atoms with E-state index >= 15 is 0 Å². The van der Waals surface area contributed by atoms with Crippen molar-refractivity contribution in [1.82, 2.24) is 0 Å². The van der Waals surface area contributed by atoms with Crippen molar-refractivity contribution in [3.05, 3.63) is 0 Å². The summed E-state index contributed by atoms with van der Waals surface area (Å²) in [5, 5.41) is 18.6. The van der Waals surface area contributed by atoms with Crippen LogP contribution in [0.2, 0.25) is 0 Å². The molecular weight excluding hydrogens is 164 g/mol. The minimum absolute atomic E-state index is 0.0225. The van der Waals surface area contributed by atoms with Gasteiger partial charge in [0.15, 0.2) is 0 Å². The first-order valence-electron chi connectivity index (χ1n) is 3.85. The molecule has 68 valence electrons. The molecule has 0 radical (unpaired) electrons. The van der Waals surface area contributed by atoms with Gasteiger partial charge in [-0.05, 0) is 0 Å². The van der Waals surface area contributed by atoms with Crippen LogP contribution in [0, 0.1) is 0 Å². The number of rotatable bonds is 0. The van der Waals surface area contributed by atoms with Crippen molar-refractivity contribution in [3.63, 3.8) is 0 Å². The van der Waals surface area contributed by atoms with E-state index in [2.05, 4.69) is 0 Å². The van der Waals surface area contributed by atoms with E-state index in [0.29, 0.717) is 0 Å². The number of hydrogen-bond acceptors (Lipinski definition) is 5. The second kappa shape index (κ2) is 2.69. The van der Waals surface area contributed by atoms with Crippen LogP contribution in [-0.4, -0.2) is 47.2 Å². The molecule has 0 amide bonds. The quantitative estimate of drug-likeness (QED) is 0.433. The highest BCUT2D eigenvalue weighted by Gasteiger charge is 2.46. The Bertz CT molecular complexity index is 204. The van der Waals surface area contributed by atoms with Gasteiger partial charge in [0.2, 0.25) is 0 Å². The van der Waals surface area contributed by atoms with Gasteiger partial charge in [-0.15, -0.1) is 0 Å². The third kappa shape index (κ3) is 1.10. The van der Waals surface area contributed by atoms with Crippen molar-refractivity contribution >= 4 is 5.97 Å². The van der Waals surface area contributed by atoms with Crippen LogP contribution in [0.4, 0.5) is 0 Å². The number of ether oxygens (including phenoxy) is 2. The fraction of sp³-hybridized carbons (Fsp3) is 0.857. The van der Waals surface area contributed by atoms with Gasteiger partial charge in [0.1, 0.15) is 24.9 Å². The Balaban J connectivity index is 2.15. The largest absolute Gasteiger partial charge is 0.463 e. The molecule has 2 aliphatic rings. The van der Waals surface area contributed by atoms with Crippen molar-refractivity contribution in [2.45, 2.75) is 30.8 Å². The van der Waals surface area contributed by atoms with Gasteiger partial charge in [-0.3, -0.25) is 4.79 Å². The van der Waals surface area contributed by atoms with Gasteiger partial charge in [0.05, 0.1) is 12.5 Å². The molecule has 5 heteroatoms. The van der Waals surface area contributed by atoms with Crippen molar-refractivity contribution in [3.8, 4) is 0 Å². The molecule has 0 aromatic heterocycles. The van der Waals surface area contributed by atoms with Crippen molar-refractivity contribution in [1.29, 1.82) is 0 Å². The first kappa shape index (κ1) is 7.97. The highest BCUT2D eigenvalue weighted by molar-refractivity contribution is 5.70. The van der Waals surface area contributed by atoms with Gasteiger partial charge in [0, 0.05) is 0 Å². The number of cyclic esters (lactones) is 1. The molecule has 0 aromatic carbocycles. The molecule has 2 aliphatic heterocycles. The number of carbonyl (C=O) groups excluding carboxylic acids is 1. The number of aliphatic hydroxyl groups excluding tert-OH is 2. The summed E-state index contributed by atoms with van der Waals surface area (Å²) in [4.78, 5) is 10.8. The summed E-state index contributed by atoms with van der Waals surface area (Å²) in [6, 6.07) is 0. The van der Waals surface area contributed by atoms with Crippen molar-refractivity contribution in [2.75, 3.05) is 6.61 Å². The van der Waals surface area contributed by atoms with E-state index in [1.54, 1.807) is 0 Å². The third-order valence-corrected chi connectivity index (χ3v) is 2.24. The smallest absolute Gasteiger partial charge is 0.308 e. The molecule has 0 aliphatic carbocycles. The molecule has 0 spiro atoms. The summed E-state index contributed by atoms with van der Waals surface area (Å²) >= 11 is 0. The summed E-state index contributed by atoms with van der Waals surface area (Å²) in [6.07, 6.45) is -3.02. The van der Waals surface area contributed by atoms with E-state index in [4.69, 9.17) is 9.47 Å². The lowest BCUT2D eigenvalue weighted by molar-refractivity contribution is -0.146. The van der Waals surface area contributed by atoms with Crippen LogP contribution in [0.5, 0.6) is 0 Å². The normalized spacial score (nSPS) is 47.0. The molecule has 0 aromatic rings. The fourth-order valence-corrected chi connectivity index (χ4v) is 1.53. The topological polar surface area (TPSA) is 76.0 Å². The Kier molecular flexibility index (Phi) is 1.79. The van der Waals surface area contributed by atoms with Crippen LogP contribution in [0.15, 0.2) is 0 Å². The molecular formula is C7H10O5. The summed E-state index contributed by atoms with van der Waals surface area (Å²) in [7, 11) is 0. The van der Waals surface area contributed by atoms with Gasteiger partial charge < -0.3 is 19.7 Å². The SMILES string of the molecule is O=C1C[C@@H]2O[C@H](CO1)[C@@H](O)[C@H]2O. The van der Waals surface area contributed by atoms with Crippen LogP contribution in [-0.2, 0) is 14.3 Å².